The first-order valence-electron chi connectivity index (χ1n) is 5.53. The number of carbonyl (C=O) groups excluding carboxylic acids is 1. The molecule has 1 atom stereocenters. The van der Waals surface area contributed by atoms with Crippen molar-refractivity contribution in [1.82, 2.24) is 5.32 Å². The number of nitrogens with zero attached hydrogens (tertiary/aromatic N) is 1. The predicted octanol–water partition coefficient (Wildman–Crippen LogP) is 1.87. The molecule has 0 bridgehead atoms. The maximum absolute atomic E-state index is 11.9. The summed E-state index contributed by atoms with van der Waals surface area (Å²) in [4.78, 5) is 11.9. The first-order chi connectivity index (χ1) is 7.76. The van der Waals surface area contributed by atoms with Crippen LogP contribution in [0.1, 0.15) is 35.9 Å². The number of carbonyl (C=O) groups is 1. The minimum Gasteiger partial charge on any atom is -0.469 e. The number of furan rings is 1. The number of hydrogen-bond acceptors (Lipinski definition) is 3. The zero-order valence-corrected chi connectivity index (χ0v) is 9.19. The molecule has 1 aliphatic rings. The number of aryl methyl sites for hydroxylation is 1. The lowest BCUT2D eigenvalue weighted by Gasteiger charge is -2.09. The van der Waals surface area contributed by atoms with Crippen molar-refractivity contribution in [2.45, 2.75) is 32.2 Å². The first kappa shape index (κ1) is 10.7. The minimum atomic E-state index is -0.355. The molecule has 0 saturated heterocycles. The normalized spacial score (nSPS) is 16.5. The zero-order chi connectivity index (χ0) is 11.5. The Morgan fingerprint density at radius 3 is 3.06 bits per heavy atom. The minimum absolute atomic E-state index is 0.205. The standard InChI is InChI=1S/C12H14N2O2/c1-2-11-9(5-6-16-11)12(15)14-10(7-13)8-3-4-8/h5-6,8,10H,2-4H2,1H3,(H,14,15). The summed E-state index contributed by atoms with van der Waals surface area (Å²) in [5.74, 6) is 0.806. The number of nitriles is 1. The van der Waals surface area contributed by atoms with Gasteiger partial charge in [-0.25, -0.2) is 0 Å². The van der Waals surface area contributed by atoms with E-state index in [2.05, 4.69) is 11.4 Å². The molecule has 1 aromatic rings. The molecular formula is C12H14N2O2. The highest BCUT2D eigenvalue weighted by Gasteiger charge is 2.32. The highest BCUT2D eigenvalue weighted by Crippen LogP contribution is 2.32. The van der Waals surface area contributed by atoms with Gasteiger partial charge in [-0.1, -0.05) is 6.92 Å². The highest BCUT2D eigenvalue weighted by atomic mass is 16.3. The zero-order valence-electron chi connectivity index (χ0n) is 9.19. The van der Waals surface area contributed by atoms with E-state index in [4.69, 9.17) is 9.68 Å². The van der Waals surface area contributed by atoms with Crippen LogP contribution in [0, 0.1) is 17.2 Å². The lowest BCUT2D eigenvalue weighted by Crippen LogP contribution is -2.35. The van der Waals surface area contributed by atoms with Crippen LogP contribution in [0.2, 0.25) is 0 Å². The summed E-state index contributed by atoms with van der Waals surface area (Å²) in [7, 11) is 0. The SMILES string of the molecule is CCc1occc1C(=O)NC(C#N)C1CC1. The van der Waals surface area contributed by atoms with Crippen LogP contribution >= 0.6 is 0 Å². The summed E-state index contributed by atoms with van der Waals surface area (Å²) >= 11 is 0. The Balaban J connectivity index is 2.05. The summed E-state index contributed by atoms with van der Waals surface area (Å²) in [6, 6.07) is 3.43. The molecule has 1 heterocycles. The van der Waals surface area contributed by atoms with Gasteiger partial charge in [-0.15, -0.1) is 0 Å². The van der Waals surface area contributed by atoms with Crippen molar-refractivity contribution in [2.24, 2.45) is 5.92 Å². The number of amides is 1. The lowest BCUT2D eigenvalue weighted by molar-refractivity contribution is 0.0940. The Labute approximate surface area is 94.2 Å². The lowest BCUT2D eigenvalue weighted by atomic mass is 10.1. The van der Waals surface area contributed by atoms with E-state index in [1.807, 2.05) is 6.92 Å². The Bertz CT molecular complexity index is 426. The number of nitrogens with one attached hydrogen (secondary N) is 1. The van der Waals surface area contributed by atoms with Crippen LogP contribution in [-0.2, 0) is 6.42 Å². The van der Waals surface area contributed by atoms with Crippen LogP contribution in [0.5, 0.6) is 0 Å². The molecule has 1 N–H and O–H groups in total. The average Bonchev–Trinajstić information content (AvgIpc) is 3.02. The van der Waals surface area contributed by atoms with Gasteiger partial charge in [0.05, 0.1) is 17.9 Å². The molecule has 0 spiro atoms. The first-order valence-corrected chi connectivity index (χ1v) is 5.53. The second kappa shape index (κ2) is 4.40. The highest BCUT2D eigenvalue weighted by molar-refractivity contribution is 5.95. The molecule has 1 aliphatic carbocycles. The number of hydrogen-bond donors (Lipinski definition) is 1. The molecule has 1 fully saturated rings. The van der Waals surface area contributed by atoms with Crippen LogP contribution in [0.25, 0.3) is 0 Å². The van der Waals surface area contributed by atoms with Crippen molar-refractivity contribution in [3.63, 3.8) is 0 Å². The molecule has 0 aliphatic heterocycles. The quantitative estimate of drug-likeness (QED) is 0.839. The van der Waals surface area contributed by atoms with E-state index < -0.39 is 0 Å². The van der Waals surface area contributed by atoms with Crippen LogP contribution in [0.15, 0.2) is 16.7 Å². The van der Waals surface area contributed by atoms with Crippen molar-refractivity contribution in [1.29, 1.82) is 5.26 Å². The largest absolute Gasteiger partial charge is 0.469 e. The van der Waals surface area contributed by atoms with Crippen LogP contribution < -0.4 is 5.32 Å². The third-order valence-electron chi connectivity index (χ3n) is 2.83. The molecular weight excluding hydrogens is 204 g/mol. The van der Waals surface area contributed by atoms with E-state index in [9.17, 15) is 4.79 Å². The second-order valence-corrected chi connectivity index (χ2v) is 4.03. The molecule has 2 rings (SSSR count). The van der Waals surface area contributed by atoms with Crippen LogP contribution in [0.4, 0.5) is 0 Å². The summed E-state index contributed by atoms with van der Waals surface area (Å²) in [6.07, 6.45) is 4.25. The maximum Gasteiger partial charge on any atom is 0.255 e. The van der Waals surface area contributed by atoms with Crippen molar-refractivity contribution >= 4 is 5.91 Å². The van der Waals surface area contributed by atoms with E-state index in [1.165, 1.54) is 6.26 Å². The van der Waals surface area contributed by atoms with E-state index in [0.29, 0.717) is 23.7 Å². The molecule has 0 radical (unpaired) electrons. The third kappa shape index (κ3) is 2.08. The van der Waals surface area contributed by atoms with Gasteiger partial charge < -0.3 is 9.73 Å². The maximum atomic E-state index is 11.9. The predicted molar refractivity (Wildman–Crippen MR) is 57.7 cm³/mol. The molecule has 1 amide bonds. The summed E-state index contributed by atoms with van der Waals surface area (Å²) in [6.45, 7) is 1.93. The molecule has 1 aromatic heterocycles. The van der Waals surface area contributed by atoms with Gasteiger partial charge in [-0.05, 0) is 24.8 Å². The monoisotopic (exact) mass is 218 g/mol. The van der Waals surface area contributed by atoms with E-state index in [-0.39, 0.29) is 11.9 Å². The summed E-state index contributed by atoms with van der Waals surface area (Å²) in [5.41, 5.74) is 0.545. The van der Waals surface area contributed by atoms with Gasteiger partial charge >= 0.3 is 0 Å². The van der Waals surface area contributed by atoms with Gasteiger partial charge in [-0.2, -0.15) is 5.26 Å². The van der Waals surface area contributed by atoms with Gasteiger partial charge in [0.2, 0.25) is 0 Å². The molecule has 0 aromatic carbocycles. The number of rotatable bonds is 4. The van der Waals surface area contributed by atoms with Gasteiger partial charge in [0.15, 0.2) is 0 Å². The third-order valence-corrected chi connectivity index (χ3v) is 2.83. The van der Waals surface area contributed by atoms with Crippen LogP contribution in [0.3, 0.4) is 0 Å². The van der Waals surface area contributed by atoms with E-state index in [1.54, 1.807) is 6.07 Å². The smallest absolute Gasteiger partial charge is 0.255 e. The fourth-order valence-electron chi connectivity index (χ4n) is 1.72. The van der Waals surface area contributed by atoms with Gasteiger partial charge in [0.25, 0.3) is 5.91 Å². The van der Waals surface area contributed by atoms with Crippen molar-refractivity contribution < 1.29 is 9.21 Å². The van der Waals surface area contributed by atoms with Crippen molar-refractivity contribution in [3.05, 3.63) is 23.7 Å². The van der Waals surface area contributed by atoms with Crippen molar-refractivity contribution in [3.8, 4) is 6.07 Å². The van der Waals surface area contributed by atoms with E-state index in [0.717, 1.165) is 12.8 Å². The summed E-state index contributed by atoms with van der Waals surface area (Å²) in [5, 5.41) is 11.7. The molecule has 1 unspecified atom stereocenters. The molecule has 4 heteroatoms. The average molecular weight is 218 g/mol. The topological polar surface area (TPSA) is 66.0 Å². The molecule has 16 heavy (non-hydrogen) atoms. The van der Waals surface area contributed by atoms with E-state index >= 15 is 0 Å². The van der Waals surface area contributed by atoms with Crippen molar-refractivity contribution in [2.75, 3.05) is 0 Å². The Morgan fingerprint density at radius 1 is 1.75 bits per heavy atom. The van der Waals surface area contributed by atoms with Gasteiger partial charge in [-0.3, -0.25) is 4.79 Å². The van der Waals surface area contributed by atoms with Gasteiger partial charge in [0, 0.05) is 6.42 Å². The molecule has 84 valence electrons. The molecule has 4 nitrogen and oxygen atoms in total. The fourth-order valence-corrected chi connectivity index (χ4v) is 1.72. The Hall–Kier alpha value is -1.76. The van der Waals surface area contributed by atoms with Crippen LogP contribution in [-0.4, -0.2) is 11.9 Å². The fraction of sp³-hybridized carbons (Fsp3) is 0.500. The summed E-state index contributed by atoms with van der Waals surface area (Å²) < 4.78 is 5.18. The molecule has 1 saturated carbocycles. The Morgan fingerprint density at radius 2 is 2.50 bits per heavy atom. The second-order valence-electron chi connectivity index (χ2n) is 4.03. The Kier molecular flexibility index (Phi) is 2.95. The van der Waals surface area contributed by atoms with Gasteiger partial charge in [0.1, 0.15) is 11.8 Å².